The molecule has 25 heavy (non-hydrogen) atoms. The predicted molar refractivity (Wildman–Crippen MR) is 106 cm³/mol. The SMILES string of the molecule is CN(C)C(=NCc1ccccc1)NCC(O)c1cc2ccccc2s1. The van der Waals surface area contributed by atoms with Crippen molar-refractivity contribution in [2.24, 2.45) is 4.99 Å². The van der Waals surface area contributed by atoms with Crippen LogP contribution in [-0.4, -0.2) is 36.6 Å². The fourth-order valence-electron chi connectivity index (χ4n) is 2.56. The number of guanidine groups is 1. The smallest absolute Gasteiger partial charge is 0.193 e. The van der Waals surface area contributed by atoms with E-state index in [-0.39, 0.29) is 0 Å². The fourth-order valence-corrected chi connectivity index (χ4v) is 3.61. The number of rotatable bonds is 5. The minimum absolute atomic E-state index is 0.429. The van der Waals surface area contributed by atoms with Crippen molar-refractivity contribution < 1.29 is 5.11 Å². The predicted octanol–water partition coefficient (Wildman–Crippen LogP) is 3.64. The van der Waals surface area contributed by atoms with E-state index in [0.717, 1.165) is 16.4 Å². The van der Waals surface area contributed by atoms with Crippen LogP contribution in [-0.2, 0) is 6.54 Å². The van der Waals surface area contributed by atoms with Gasteiger partial charge in [0, 0.05) is 30.2 Å². The lowest BCUT2D eigenvalue weighted by Gasteiger charge is -2.19. The molecule has 0 amide bonds. The van der Waals surface area contributed by atoms with E-state index < -0.39 is 6.10 Å². The van der Waals surface area contributed by atoms with Gasteiger partial charge in [-0.25, -0.2) is 4.99 Å². The summed E-state index contributed by atoms with van der Waals surface area (Å²) in [5.74, 6) is 0.768. The van der Waals surface area contributed by atoms with Gasteiger partial charge in [-0.3, -0.25) is 0 Å². The summed E-state index contributed by atoms with van der Waals surface area (Å²) in [7, 11) is 3.89. The van der Waals surface area contributed by atoms with E-state index in [4.69, 9.17) is 0 Å². The minimum atomic E-state index is -0.556. The highest BCUT2D eigenvalue weighted by Gasteiger charge is 2.12. The first-order valence-corrected chi connectivity index (χ1v) is 9.11. The summed E-state index contributed by atoms with van der Waals surface area (Å²) in [4.78, 5) is 7.52. The van der Waals surface area contributed by atoms with Crippen LogP contribution in [0.1, 0.15) is 16.5 Å². The molecular formula is C20H23N3OS. The molecule has 2 N–H and O–H groups in total. The molecule has 0 radical (unpaired) electrons. The molecule has 2 aromatic carbocycles. The number of aliphatic imine (C=N–C) groups is 1. The minimum Gasteiger partial charge on any atom is -0.386 e. The van der Waals surface area contributed by atoms with Gasteiger partial charge in [-0.1, -0.05) is 48.5 Å². The summed E-state index contributed by atoms with van der Waals surface area (Å²) >= 11 is 1.63. The molecule has 0 aliphatic rings. The normalized spacial score (nSPS) is 13.0. The second kappa shape index (κ2) is 8.14. The molecule has 1 heterocycles. The van der Waals surface area contributed by atoms with Gasteiger partial charge in [0.1, 0.15) is 6.10 Å². The van der Waals surface area contributed by atoms with Crippen LogP contribution in [0.15, 0.2) is 65.7 Å². The Bertz CT molecular complexity index is 809. The average molecular weight is 353 g/mol. The highest BCUT2D eigenvalue weighted by Crippen LogP contribution is 2.29. The first-order chi connectivity index (χ1) is 12.1. The molecule has 3 rings (SSSR count). The van der Waals surface area contributed by atoms with E-state index in [1.54, 1.807) is 11.3 Å². The Morgan fingerprint density at radius 2 is 1.84 bits per heavy atom. The lowest BCUT2D eigenvalue weighted by Crippen LogP contribution is -2.38. The van der Waals surface area contributed by atoms with Crippen molar-refractivity contribution in [2.45, 2.75) is 12.6 Å². The van der Waals surface area contributed by atoms with Crippen LogP contribution >= 0.6 is 11.3 Å². The van der Waals surface area contributed by atoms with E-state index in [1.807, 2.05) is 49.3 Å². The number of hydrogen-bond donors (Lipinski definition) is 2. The molecule has 0 saturated carbocycles. The first kappa shape index (κ1) is 17.5. The summed E-state index contributed by atoms with van der Waals surface area (Å²) < 4.78 is 1.20. The molecule has 0 spiro atoms. The quantitative estimate of drug-likeness (QED) is 0.544. The molecule has 0 fully saturated rings. The Balaban J connectivity index is 1.64. The van der Waals surface area contributed by atoms with Crippen LogP contribution in [0, 0.1) is 0 Å². The summed E-state index contributed by atoms with van der Waals surface area (Å²) in [6, 6.07) is 20.4. The molecule has 1 atom stereocenters. The number of thiophene rings is 1. The van der Waals surface area contributed by atoms with Crippen LogP contribution < -0.4 is 5.32 Å². The van der Waals surface area contributed by atoms with Crippen molar-refractivity contribution in [1.29, 1.82) is 0 Å². The van der Waals surface area contributed by atoms with E-state index in [9.17, 15) is 5.11 Å². The Morgan fingerprint density at radius 3 is 2.56 bits per heavy atom. The number of hydrogen-bond acceptors (Lipinski definition) is 3. The number of nitrogens with zero attached hydrogens (tertiary/aromatic N) is 2. The van der Waals surface area contributed by atoms with Gasteiger partial charge in [-0.05, 0) is 23.1 Å². The third kappa shape index (κ3) is 4.59. The standard InChI is InChI=1S/C20H23N3OS/c1-23(2)20(21-13-15-8-4-3-5-9-15)22-14-17(24)19-12-16-10-6-7-11-18(16)25-19/h3-12,17,24H,13-14H2,1-2H3,(H,21,22). The number of aliphatic hydroxyl groups excluding tert-OH is 1. The average Bonchev–Trinajstić information content (AvgIpc) is 3.06. The molecule has 1 aromatic heterocycles. The maximum Gasteiger partial charge on any atom is 0.193 e. The van der Waals surface area contributed by atoms with Crippen LogP contribution in [0.3, 0.4) is 0 Å². The van der Waals surface area contributed by atoms with Crippen LogP contribution in [0.25, 0.3) is 10.1 Å². The molecule has 130 valence electrons. The van der Waals surface area contributed by atoms with Gasteiger partial charge in [0.15, 0.2) is 5.96 Å². The zero-order valence-electron chi connectivity index (χ0n) is 14.5. The molecule has 4 nitrogen and oxygen atoms in total. The van der Waals surface area contributed by atoms with Gasteiger partial charge < -0.3 is 15.3 Å². The lowest BCUT2D eigenvalue weighted by atomic mass is 10.2. The van der Waals surface area contributed by atoms with E-state index in [1.165, 1.54) is 10.1 Å². The Hall–Kier alpha value is -2.37. The third-order valence-electron chi connectivity index (χ3n) is 3.90. The van der Waals surface area contributed by atoms with E-state index >= 15 is 0 Å². The summed E-state index contributed by atoms with van der Waals surface area (Å²) in [5, 5.41) is 14.9. The van der Waals surface area contributed by atoms with Gasteiger partial charge >= 0.3 is 0 Å². The van der Waals surface area contributed by atoms with Crippen LogP contribution in [0.4, 0.5) is 0 Å². The number of nitrogens with one attached hydrogen (secondary N) is 1. The van der Waals surface area contributed by atoms with Crippen LogP contribution in [0.2, 0.25) is 0 Å². The van der Waals surface area contributed by atoms with E-state index in [0.29, 0.717) is 13.1 Å². The molecule has 0 aliphatic carbocycles. The lowest BCUT2D eigenvalue weighted by molar-refractivity contribution is 0.184. The second-order valence-corrected chi connectivity index (χ2v) is 7.22. The Labute approximate surface area is 152 Å². The monoisotopic (exact) mass is 353 g/mol. The van der Waals surface area contributed by atoms with Crippen molar-refractivity contribution in [3.63, 3.8) is 0 Å². The maximum atomic E-state index is 10.5. The summed E-state index contributed by atoms with van der Waals surface area (Å²) in [6.45, 7) is 1.04. The van der Waals surface area contributed by atoms with Gasteiger partial charge in [-0.15, -0.1) is 11.3 Å². The number of benzene rings is 2. The molecule has 1 unspecified atom stereocenters. The van der Waals surface area contributed by atoms with Crippen molar-refractivity contribution in [3.05, 3.63) is 71.1 Å². The summed E-state index contributed by atoms with van der Waals surface area (Å²) in [6.07, 6.45) is -0.556. The molecule has 0 saturated heterocycles. The van der Waals surface area contributed by atoms with Crippen molar-refractivity contribution in [3.8, 4) is 0 Å². The summed E-state index contributed by atoms with van der Waals surface area (Å²) in [5.41, 5.74) is 1.16. The van der Waals surface area contributed by atoms with Crippen molar-refractivity contribution in [2.75, 3.05) is 20.6 Å². The Morgan fingerprint density at radius 1 is 1.12 bits per heavy atom. The zero-order chi connectivity index (χ0) is 17.6. The number of fused-ring (bicyclic) bond motifs is 1. The number of aliphatic hydroxyl groups is 1. The molecule has 3 aromatic rings. The largest absolute Gasteiger partial charge is 0.386 e. The molecular weight excluding hydrogens is 330 g/mol. The van der Waals surface area contributed by atoms with E-state index in [2.05, 4.69) is 40.6 Å². The molecule has 5 heteroatoms. The van der Waals surface area contributed by atoms with Gasteiger partial charge in [0.05, 0.1) is 6.54 Å². The maximum absolute atomic E-state index is 10.5. The highest BCUT2D eigenvalue weighted by molar-refractivity contribution is 7.19. The molecule has 0 bridgehead atoms. The topological polar surface area (TPSA) is 47.9 Å². The Kier molecular flexibility index (Phi) is 5.68. The third-order valence-corrected chi connectivity index (χ3v) is 5.12. The molecule has 0 aliphatic heterocycles. The van der Waals surface area contributed by atoms with Gasteiger partial charge in [-0.2, -0.15) is 0 Å². The van der Waals surface area contributed by atoms with Crippen molar-refractivity contribution in [1.82, 2.24) is 10.2 Å². The van der Waals surface area contributed by atoms with Gasteiger partial charge in [0.25, 0.3) is 0 Å². The van der Waals surface area contributed by atoms with Crippen molar-refractivity contribution >= 4 is 27.4 Å². The van der Waals surface area contributed by atoms with Crippen LogP contribution in [0.5, 0.6) is 0 Å². The van der Waals surface area contributed by atoms with Gasteiger partial charge in [0.2, 0.25) is 0 Å². The fraction of sp³-hybridized carbons (Fsp3) is 0.250. The second-order valence-electron chi connectivity index (χ2n) is 6.10. The highest BCUT2D eigenvalue weighted by atomic mass is 32.1. The zero-order valence-corrected chi connectivity index (χ0v) is 15.3. The first-order valence-electron chi connectivity index (χ1n) is 8.29.